The summed E-state index contributed by atoms with van der Waals surface area (Å²) in [6.45, 7) is 9.64. The molecule has 2 aromatic rings. The van der Waals surface area contributed by atoms with Gasteiger partial charge in [0.15, 0.2) is 0 Å². The molecule has 2 N–H and O–H groups in total. The van der Waals surface area contributed by atoms with Crippen LogP contribution in [0.15, 0.2) is 54.7 Å². The molecule has 1 aromatic heterocycles. The summed E-state index contributed by atoms with van der Waals surface area (Å²) in [5.74, 6) is 1.56. The lowest BCUT2D eigenvalue weighted by molar-refractivity contribution is -0.111. The highest BCUT2D eigenvalue weighted by atomic mass is 16.3. The van der Waals surface area contributed by atoms with Crippen LogP contribution in [-0.4, -0.2) is 84.3 Å². The van der Waals surface area contributed by atoms with E-state index in [0.717, 1.165) is 69.7 Å². The highest BCUT2D eigenvalue weighted by Crippen LogP contribution is 2.18. The quantitative estimate of drug-likeness (QED) is 0.587. The number of aliphatic hydroxyl groups excluding tert-OH is 1. The maximum Gasteiger partial charge on any atom is 0.248 e. The van der Waals surface area contributed by atoms with Crippen LogP contribution in [0.3, 0.4) is 0 Å². The van der Waals surface area contributed by atoms with Crippen molar-refractivity contribution < 1.29 is 9.90 Å². The monoisotopic (exact) mass is 463 g/mol. The predicted octanol–water partition coefficient (Wildman–Crippen LogP) is 2.95. The van der Waals surface area contributed by atoms with E-state index in [2.05, 4.69) is 31.9 Å². The van der Waals surface area contributed by atoms with E-state index in [1.54, 1.807) is 12.3 Å². The number of nitrogens with one attached hydrogen (secondary N) is 1. The molecule has 0 aliphatic carbocycles. The molecule has 182 valence electrons. The molecule has 7 nitrogen and oxygen atoms in total. The van der Waals surface area contributed by atoms with E-state index in [0.29, 0.717) is 5.69 Å². The number of aromatic nitrogens is 1. The minimum Gasteiger partial charge on any atom is -0.390 e. The van der Waals surface area contributed by atoms with Crippen LogP contribution in [0.1, 0.15) is 25.3 Å². The van der Waals surface area contributed by atoms with Gasteiger partial charge >= 0.3 is 0 Å². The van der Waals surface area contributed by atoms with Gasteiger partial charge in [0, 0.05) is 45.3 Å². The molecular weight excluding hydrogens is 426 g/mol. The highest BCUT2D eigenvalue weighted by molar-refractivity contribution is 6.01. The SMILES string of the molecule is CC1CCN(CC(O)CN2CCN(c3ccc(NC(=O)/C=C/c4ccccc4)cn3)CC2)CC1. The number of piperazine rings is 1. The molecule has 4 rings (SSSR count). The van der Waals surface area contributed by atoms with E-state index in [9.17, 15) is 9.90 Å². The van der Waals surface area contributed by atoms with Crippen molar-refractivity contribution in [3.63, 3.8) is 0 Å². The Hall–Kier alpha value is -2.74. The zero-order chi connectivity index (χ0) is 23.8. The molecule has 2 aliphatic heterocycles. The van der Waals surface area contributed by atoms with Crippen molar-refractivity contribution in [2.75, 3.05) is 62.6 Å². The summed E-state index contributed by atoms with van der Waals surface area (Å²) in [5, 5.41) is 13.4. The van der Waals surface area contributed by atoms with Crippen LogP contribution in [0, 0.1) is 5.92 Å². The third-order valence-electron chi connectivity index (χ3n) is 6.75. The summed E-state index contributed by atoms with van der Waals surface area (Å²) in [4.78, 5) is 23.7. The first-order valence-corrected chi connectivity index (χ1v) is 12.4. The Balaban J connectivity index is 1.18. The summed E-state index contributed by atoms with van der Waals surface area (Å²) >= 11 is 0. The lowest BCUT2D eigenvalue weighted by Gasteiger charge is -2.37. The van der Waals surface area contributed by atoms with Gasteiger partial charge < -0.3 is 20.2 Å². The van der Waals surface area contributed by atoms with Crippen LogP contribution in [0.4, 0.5) is 11.5 Å². The first-order valence-electron chi connectivity index (χ1n) is 12.4. The number of benzene rings is 1. The van der Waals surface area contributed by atoms with Gasteiger partial charge in [0.2, 0.25) is 5.91 Å². The number of rotatable bonds is 8. The minimum absolute atomic E-state index is 0.176. The number of nitrogens with zero attached hydrogens (tertiary/aromatic N) is 4. The van der Waals surface area contributed by atoms with Gasteiger partial charge in [0.25, 0.3) is 0 Å². The Kier molecular flexibility index (Phi) is 8.68. The Morgan fingerprint density at radius 2 is 1.71 bits per heavy atom. The first kappa shape index (κ1) is 24.4. The van der Waals surface area contributed by atoms with Gasteiger partial charge in [-0.05, 0) is 55.6 Å². The second kappa shape index (κ2) is 12.1. The lowest BCUT2D eigenvalue weighted by atomic mass is 9.99. The van der Waals surface area contributed by atoms with E-state index >= 15 is 0 Å². The molecule has 0 radical (unpaired) electrons. The van der Waals surface area contributed by atoms with E-state index in [4.69, 9.17) is 0 Å². The first-order chi connectivity index (χ1) is 16.5. The standard InChI is InChI=1S/C27H37N5O2/c1-22-11-13-30(14-12-22)20-25(33)21-31-15-17-32(18-16-31)26-9-8-24(19-28-26)29-27(34)10-7-23-5-3-2-4-6-23/h2-10,19,22,25,33H,11-18,20-21H2,1H3,(H,29,34)/b10-7+. The van der Waals surface area contributed by atoms with Gasteiger partial charge in [-0.3, -0.25) is 9.69 Å². The molecule has 2 fully saturated rings. The maximum absolute atomic E-state index is 12.2. The van der Waals surface area contributed by atoms with Crippen molar-refractivity contribution in [2.24, 2.45) is 5.92 Å². The lowest BCUT2D eigenvalue weighted by Crippen LogP contribution is -2.50. The number of carbonyl (C=O) groups excluding carboxylic acids is 1. The highest BCUT2D eigenvalue weighted by Gasteiger charge is 2.23. The fraction of sp³-hybridized carbons (Fsp3) is 0.481. The van der Waals surface area contributed by atoms with E-state index in [-0.39, 0.29) is 12.0 Å². The second-order valence-corrected chi connectivity index (χ2v) is 9.56. The number of hydrogen-bond donors (Lipinski definition) is 2. The Labute approximate surface area is 203 Å². The maximum atomic E-state index is 12.2. The Morgan fingerprint density at radius 3 is 2.35 bits per heavy atom. The Bertz CT molecular complexity index is 918. The molecule has 34 heavy (non-hydrogen) atoms. The van der Waals surface area contributed by atoms with E-state index in [1.807, 2.05) is 42.5 Å². The number of anilines is 2. The molecule has 0 saturated carbocycles. The number of β-amino-alcohol motifs (C(OH)–C–C–N with tert-alkyl or cyclic N) is 1. The van der Waals surface area contributed by atoms with Crippen molar-refractivity contribution >= 4 is 23.5 Å². The number of hydrogen-bond acceptors (Lipinski definition) is 6. The van der Waals surface area contributed by atoms with Crippen molar-refractivity contribution in [3.05, 3.63) is 60.3 Å². The van der Waals surface area contributed by atoms with Gasteiger partial charge in [-0.25, -0.2) is 4.98 Å². The minimum atomic E-state index is -0.295. The number of pyridine rings is 1. The molecule has 0 bridgehead atoms. The summed E-state index contributed by atoms with van der Waals surface area (Å²) in [7, 11) is 0. The van der Waals surface area contributed by atoms with E-state index in [1.165, 1.54) is 18.9 Å². The van der Waals surface area contributed by atoms with Crippen LogP contribution in [0.2, 0.25) is 0 Å². The largest absolute Gasteiger partial charge is 0.390 e. The third kappa shape index (κ3) is 7.38. The number of aliphatic hydroxyl groups is 1. The molecule has 2 saturated heterocycles. The predicted molar refractivity (Wildman–Crippen MR) is 138 cm³/mol. The molecule has 1 atom stereocenters. The molecule has 2 aliphatic rings. The molecule has 3 heterocycles. The average molecular weight is 464 g/mol. The summed E-state index contributed by atoms with van der Waals surface area (Å²) in [6, 6.07) is 13.6. The van der Waals surface area contributed by atoms with Gasteiger partial charge in [-0.15, -0.1) is 0 Å². The third-order valence-corrected chi connectivity index (χ3v) is 6.75. The van der Waals surface area contributed by atoms with E-state index < -0.39 is 0 Å². The van der Waals surface area contributed by atoms with Gasteiger partial charge in [-0.1, -0.05) is 37.3 Å². The van der Waals surface area contributed by atoms with Crippen molar-refractivity contribution in [2.45, 2.75) is 25.9 Å². The van der Waals surface area contributed by atoms with Gasteiger partial charge in [-0.2, -0.15) is 0 Å². The van der Waals surface area contributed by atoms with Gasteiger partial charge in [0.05, 0.1) is 18.0 Å². The van der Waals surface area contributed by atoms with Crippen LogP contribution in [0.5, 0.6) is 0 Å². The molecule has 1 amide bonds. The average Bonchev–Trinajstić information content (AvgIpc) is 2.86. The zero-order valence-corrected chi connectivity index (χ0v) is 20.1. The normalized spacial score (nSPS) is 19.4. The van der Waals surface area contributed by atoms with Crippen LogP contribution in [0.25, 0.3) is 6.08 Å². The smallest absolute Gasteiger partial charge is 0.248 e. The summed E-state index contributed by atoms with van der Waals surface area (Å²) < 4.78 is 0. The van der Waals surface area contributed by atoms with Crippen LogP contribution < -0.4 is 10.2 Å². The molecule has 1 unspecified atom stereocenters. The molecule has 7 heteroatoms. The number of carbonyl (C=O) groups is 1. The summed E-state index contributed by atoms with van der Waals surface area (Å²) in [6.07, 6.45) is 7.22. The fourth-order valence-electron chi connectivity index (χ4n) is 4.63. The van der Waals surface area contributed by atoms with Gasteiger partial charge in [0.1, 0.15) is 5.82 Å². The second-order valence-electron chi connectivity index (χ2n) is 9.56. The molecular formula is C27H37N5O2. The molecule has 0 spiro atoms. The zero-order valence-electron chi connectivity index (χ0n) is 20.1. The van der Waals surface area contributed by atoms with Crippen molar-refractivity contribution in [1.29, 1.82) is 0 Å². The molecule has 1 aromatic carbocycles. The number of likely N-dealkylation sites (tertiary alicyclic amines) is 1. The summed E-state index contributed by atoms with van der Waals surface area (Å²) in [5.41, 5.74) is 1.67. The van der Waals surface area contributed by atoms with Crippen LogP contribution >= 0.6 is 0 Å². The van der Waals surface area contributed by atoms with Crippen molar-refractivity contribution in [1.82, 2.24) is 14.8 Å². The Morgan fingerprint density at radius 1 is 1.03 bits per heavy atom. The van der Waals surface area contributed by atoms with Crippen LogP contribution in [-0.2, 0) is 4.79 Å². The van der Waals surface area contributed by atoms with Crippen molar-refractivity contribution in [3.8, 4) is 0 Å². The fourth-order valence-corrected chi connectivity index (χ4v) is 4.63. The number of amides is 1. The number of piperidine rings is 1. The topological polar surface area (TPSA) is 71.9 Å².